The van der Waals surface area contributed by atoms with Crippen LogP contribution in [-0.4, -0.2) is 48.4 Å². The van der Waals surface area contributed by atoms with Crippen LogP contribution in [0, 0.1) is 5.41 Å². The lowest BCUT2D eigenvalue weighted by Crippen LogP contribution is -2.52. The monoisotopic (exact) mass is 217 g/mol. The molecule has 1 N–H and O–H groups in total. The summed E-state index contributed by atoms with van der Waals surface area (Å²) < 4.78 is 0. The molecule has 16 heavy (non-hydrogen) atoms. The Balaban J connectivity index is 2.06. The molecule has 1 heterocycles. The van der Waals surface area contributed by atoms with Gasteiger partial charge in [-0.1, -0.05) is 30.3 Å². The molecule has 1 fully saturated rings. The minimum atomic E-state index is 0.526. The maximum atomic E-state index is 8.19. The quantitative estimate of drug-likeness (QED) is 0.572. The molecule has 0 amide bonds. The van der Waals surface area contributed by atoms with Gasteiger partial charge in [0.1, 0.15) is 5.84 Å². The Labute approximate surface area is 97.2 Å². The van der Waals surface area contributed by atoms with Crippen molar-refractivity contribution in [2.75, 3.05) is 26.7 Å². The Morgan fingerprint density at radius 2 is 1.94 bits per heavy atom. The van der Waals surface area contributed by atoms with E-state index in [4.69, 9.17) is 5.41 Å². The number of piperazine rings is 1. The summed E-state index contributed by atoms with van der Waals surface area (Å²) >= 11 is 0. The Kier molecular flexibility index (Phi) is 3.25. The van der Waals surface area contributed by atoms with Gasteiger partial charge in [0.25, 0.3) is 0 Å². The van der Waals surface area contributed by atoms with Crippen LogP contribution in [0.25, 0.3) is 0 Å². The zero-order valence-electron chi connectivity index (χ0n) is 9.98. The first-order valence-electron chi connectivity index (χ1n) is 5.77. The van der Waals surface area contributed by atoms with Crippen LogP contribution in [0.5, 0.6) is 0 Å². The van der Waals surface area contributed by atoms with Gasteiger partial charge in [-0.2, -0.15) is 0 Å². The molecule has 1 aliphatic heterocycles. The second-order valence-electron chi connectivity index (χ2n) is 4.49. The number of hydrogen-bond donors (Lipinski definition) is 1. The van der Waals surface area contributed by atoms with Crippen LogP contribution < -0.4 is 0 Å². The first-order valence-corrected chi connectivity index (χ1v) is 5.77. The predicted molar refractivity (Wildman–Crippen MR) is 66.9 cm³/mol. The van der Waals surface area contributed by atoms with Crippen LogP contribution in [-0.2, 0) is 0 Å². The van der Waals surface area contributed by atoms with Crippen LogP contribution in [0.3, 0.4) is 0 Å². The maximum absolute atomic E-state index is 8.19. The maximum Gasteiger partial charge on any atom is 0.128 e. The van der Waals surface area contributed by atoms with Crippen molar-refractivity contribution in [2.45, 2.75) is 13.0 Å². The molecule has 3 heteroatoms. The molecule has 1 atom stereocenters. The second-order valence-corrected chi connectivity index (χ2v) is 4.49. The highest BCUT2D eigenvalue weighted by atomic mass is 15.3. The van der Waals surface area contributed by atoms with Crippen molar-refractivity contribution < 1.29 is 0 Å². The predicted octanol–water partition coefficient (Wildman–Crippen LogP) is 1.65. The largest absolute Gasteiger partial charge is 0.354 e. The van der Waals surface area contributed by atoms with Gasteiger partial charge in [-0.15, -0.1) is 0 Å². The lowest BCUT2D eigenvalue weighted by molar-refractivity contribution is 0.153. The molecule has 0 radical (unpaired) electrons. The summed E-state index contributed by atoms with van der Waals surface area (Å²) in [6.07, 6.45) is 0. The van der Waals surface area contributed by atoms with E-state index in [0.717, 1.165) is 25.2 Å². The van der Waals surface area contributed by atoms with Crippen molar-refractivity contribution in [3.05, 3.63) is 35.9 Å². The first-order chi connectivity index (χ1) is 7.68. The van der Waals surface area contributed by atoms with Crippen LogP contribution in [0.4, 0.5) is 0 Å². The molecule has 0 spiro atoms. The highest BCUT2D eigenvalue weighted by Crippen LogP contribution is 2.11. The summed E-state index contributed by atoms with van der Waals surface area (Å²) in [5.74, 6) is 0.653. The van der Waals surface area contributed by atoms with E-state index in [2.05, 4.69) is 23.8 Å². The van der Waals surface area contributed by atoms with Crippen molar-refractivity contribution in [1.29, 1.82) is 5.41 Å². The Bertz CT molecular complexity index is 361. The number of amidine groups is 1. The molecule has 0 aromatic heterocycles. The molecule has 3 nitrogen and oxygen atoms in total. The standard InChI is InChI=1S/C13H19N3/c1-11-10-16(9-8-15(11)2)13(14)12-6-4-3-5-7-12/h3-7,11,14H,8-10H2,1-2H3. The topological polar surface area (TPSA) is 30.3 Å². The fourth-order valence-corrected chi connectivity index (χ4v) is 2.03. The normalized spacial score (nSPS) is 22.1. The van der Waals surface area contributed by atoms with Crippen LogP contribution in [0.15, 0.2) is 30.3 Å². The van der Waals surface area contributed by atoms with E-state index >= 15 is 0 Å². The minimum Gasteiger partial charge on any atom is -0.354 e. The second kappa shape index (κ2) is 4.66. The Morgan fingerprint density at radius 3 is 2.56 bits per heavy atom. The molecule has 1 unspecified atom stereocenters. The number of nitrogens with one attached hydrogen (secondary N) is 1. The lowest BCUT2D eigenvalue weighted by atomic mass is 10.1. The van der Waals surface area contributed by atoms with E-state index in [9.17, 15) is 0 Å². The molecule has 86 valence electrons. The molecular formula is C13H19N3. The first kappa shape index (κ1) is 11.1. The molecule has 0 aliphatic carbocycles. The third kappa shape index (κ3) is 2.25. The highest BCUT2D eigenvalue weighted by molar-refractivity contribution is 5.96. The number of likely N-dealkylation sites (N-methyl/N-ethyl adjacent to an activating group) is 1. The summed E-state index contributed by atoms with van der Waals surface area (Å²) in [4.78, 5) is 4.51. The zero-order valence-corrected chi connectivity index (χ0v) is 9.98. The van der Waals surface area contributed by atoms with E-state index in [1.54, 1.807) is 0 Å². The van der Waals surface area contributed by atoms with Crippen LogP contribution in [0.2, 0.25) is 0 Å². The Morgan fingerprint density at radius 1 is 1.25 bits per heavy atom. The van der Waals surface area contributed by atoms with E-state index in [1.807, 2.05) is 30.3 Å². The average Bonchev–Trinajstić information content (AvgIpc) is 2.33. The summed E-state index contributed by atoms with van der Waals surface area (Å²) in [7, 11) is 2.15. The highest BCUT2D eigenvalue weighted by Gasteiger charge is 2.22. The molecule has 1 aromatic rings. The van der Waals surface area contributed by atoms with Gasteiger partial charge in [-0.3, -0.25) is 5.41 Å². The summed E-state index contributed by atoms with van der Waals surface area (Å²) in [5.41, 5.74) is 1.01. The van der Waals surface area contributed by atoms with E-state index in [1.165, 1.54) is 0 Å². The molecular weight excluding hydrogens is 198 g/mol. The summed E-state index contributed by atoms with van der Waals surface area (Å²) in [6, 6.07) is 10.5. The van der Waals surface area contributed by atoms with Gasteiger partial charge < -0.3 is 9.80 Å². The van der Waals surface area contributed by atoms with Crippen molar-refractivity contribution in [3.63, 3.8) is 0 Å². The number of rotatable bonds is 1. The average molecular weight is 217 g/mol. The number of benzene rings is 1. The van der Waals surface area contributed by atoms with Crippen LogP contribution >= 0.6 is 0 Å². The van der Waals surface area contributed by atoms with E-state index in [0.29, 0.717) is 11.9 Å². The third-order valence-corrected chi connectivity index (χ3v) is 3.32. The molecule has 0 bridgehead atoms. The van der Waals surface area contributed by atoms with E-state index < -0.39 is 0 Å². The molecule has 1 saturated heterocycles. The molecule has 0 saturated carbocycles. The fraction of sp³-hybridized carbons (Fsp3) is 0.462. The van der Waals surface area contributed by atoms with Gasteiger partial charge in [0.15, 0.2) is 0 Å². The lowest BCUT2D eigenvalue weighted by Gasteiger charge is -2.39. The number of hydrogen-bond acceptors (Lipinski definition) is 2. The van der Waals surface area contributed by atoms with Gasteiger partial charge >= 0.3 is 0 Å². The molecule has 2 rings (SSSR count). The number of nitrogens with zero attached hydrogens (tertiary/aromatic N) is 2. The fourth-order valence-electron chi connectivity index (χ4n) is 2.03. The zero-order chi connectivity index (χ0) is 11.5. The van der Waals surface area contributed by atoms with Gasteiger partial charge in [-0.25, -0.2) is 0 Å². The third-order valence-electron chi connectivity index (χ3n) is 3.32. The van der Waals surface area contributed by atoms with Gasteiger partial charge in [0, 0.05) is 31.2 Å². The van der Waals surface area contributed by atoms with E-state index in [-0.39, 0.29) is 0 Å². The van der Waals surface area contributed by atoms with Gasteiger partial charge in [0.2, 0.25) is 0 Å². The van der Waals surface area contributed by atoms with Crippen molar-refractivity contribution in [2.24, 2.45) is 0 Å². The van der Waals surface area contributed by atoms with Crippen molar-refractivity contribution in [3.8, 4) is 0 Å². The Hall–Kier alpha value is -1.35. The summed E-state index contributed by atoms with van der Waals surface area (Å²) in [5, 5.41) is 8.19. The molecule has 1 aromatic carbocycles. The molecule has 1 aliphatic rings. The van der Waals surface area contributed by atoms with Gasteiger partial charge in [-0.05, 0) is 14.0 Å². The van der Waals surface area contributed by atoms with Gasteiger partial charge in [0.05, 0.1) is 0 Å². The minimum absolute atomic E-state index is 0.526. The van der Waals surface area contributed by atoms with Crippen molar-refractivity contribution >= 4 is 5.84 Å². The summed E-state index contributed by atoms with van der Waals surface area (Å²) in [6.45, 7) is 5.15. The van der Waals surface area contributed by atoms with Crippen molar-refractivity contribution in [1.82, 2.24) is 9.80 Å². The SMILES string of the molecule is CC1CN(C(=N)c2ccccc2)CCN1C. The smallest absolute Gasteiger partial charge is 0.128 e. The van der Waals surface area contributed by atoms with Crippen LogP contribution in [0.1, 0.15) is 12.5 Å².